The van der Waals surface area contributed by atoms with Gasteiger partial charge in [-0.2, -0.15) is 0 Å². The Morgan fingerprint density at radius 2 is 2.04 bits per heavy atom. The Morgan fingerprint density at radius 3 is 2.78 bits per heavy atom. The van der Waals surface area contributed by atoms with Crippen molar-refractivity contribution in [3.63, 3.8) is 0 Å². The number of rotatable bonds is 6. The molecule has 4 nitrogen and oxygen atoms in total. The smallest absolute Gasteiger partial charge is 0.171 e. The highest BCUT2D eigenvalue weighted by molar-refractivity contribution is 7.80. The van der Waals surface area contributed by atoms with E-state index in [2.05, 4.69) is 46.7 Å². The molecule has 2 aromatic rings. The van der Waals surface area contributed by atoms with Gasteiger partial charge in [0.15, 0.2) is 5.11 Å². The average molecular weight is 384 g/mol. The van der Waals surface area contributed by atoms with Crippen LogP contribution in [0.5, 0.6) is 5.75 Å². The van der Waals surface area contributed by atoms with Gasteiger partial charge in [0.2, 0.25) is 0 Å². The highest BCUT2D eigenvalue weighted by atomic mass is 32.1. The van der Waals surface area contributed by atoms with Crippen LogP contribution in [0, 0.1) is 5.92 Å². The summed E-state index contributed by atoms with van der Waals surface area (Å²) in [5.74, 6) is 1.62. The van der Waals surface area contributed by atoms with Crippen LogP contribution in [-0.4, -0.2) is 24.8 Å². The summed E-state index contributed by atoms with van der Waals surface area (Å²) >= 11 is 5.41. The van der Waals surface area contributed by atoms with Gasteiger partial charge < -0.3 is 20.3 Å². The van der Waals surface area contributed by atoms with Crippen LogP contribution in [0.25, 0.3) is 0 Å². The van der Waals surface area contributed by atoms with Crippen LogP contribution in [0.15, 0.2) is 48.5 Å². The van der Waals surface area contributed by atoms with Crippen LogP contribution in [0.4, 0.5) is 11.4 Å². The van der Waals surface area contributed by atoms with Gasteiger partial charge in [-0.25, -0.2) is 0 Å². The molecule has 1 fully saturated rings. The monoisotopic (exact) mass is 383 g/mol. The van der Waals surface area contributed by atoms with E-state index >= 15 is 0 Å². The standard InChI is InChI=1S/C22H29N3OS/c1-3-26-21-8-4-7-19(14-21)24-22(27)23-15-18-9-11-20(12-10-18)25-13-5-6-17(2)16-25/h4,7-12,14,17H,3,5-6,13,15-16H2,1-2H3,(H2,23,24,27)/t17-/m1/s1. The second-order valence-corrected chi connectivity index (χ2v) is 7.54. The maximum absolute atomic E-state index is 5.52. The Bertz CT molecular complexity index is 747. The highest BCUT2D eigenvalue weighted by Gasteiger charge is 2.16. The van der Waals surface area contributed by atoms with Crippen molar-refractivity contribution in [2.75, 3.05) is 29.9 Å². The minimum absolute atomic E-state index is 0.609. The van der Waals surface area contributed by atoms with Crippen molar-refractivity contribution >= 4 is 28.7 Å². The first kappa shape index (κ1) is 19.5. The quantitative estimate of drug-likeness (QED) is 0.700. The zero-order valence-electron chi connectivity index (χ0n) is 16.2. The van der Waals surface area contributed by atoms with E-state index < -0.39 is 0 Å². The second kappa shape index (κ2) is 9.60. The van der Waals surface area contributed by atoms with E-state index in [1.165, 1.54) is 24.1 Å². The maximum Gasteiger partial charge on any atom is 0.171 e. The lowest BCUT2D eigenvalue weighted by molar-refractivity contribution is 0.340. The first-order valence-corrected chi connectivity index (χ1v) is 10.2. The molecule has 5 heteroatoms. The third kappa shape index (κ3) is 5.86. The Hall–Kier alpha value is -2.27. The summed E-state index contributed by atoms with van der Waals surface area (Å²) in [7, 11) is 0. The molecule has 1 aliphatic rings. The second-order valence-electron chi connectivity index (χ2n) is 7.13. The molecule has 1 heterocycles. The molecule has 0 unspecified atom stereocenters. The zero-order valence-corrected chi connectivity index (χ0v) is 17.0. The van der Waals surface area contributed by atoms with Gasteiger partial charge in [0.25, 0.3) is 0 Å². The first-order chi connectivity index (χ1) is 13.1. The topological polar surface area (TPSA) is 36.5 Å². The fourth-order valence-corrected chi connectivity index (χ4v) is 3.63. The summed E-state index contributed by atoms with van der Waals surface area (Å²) in [6, 6.07) is 16.6. The van der Waals surface area contributed by atoms with Gasteiger partial charge in [0, 0.05) is 37.1 Å². The summed E-state index contributed by atoms with van der Waals surface area (Å²) in [5.41, 5.74) is 3.46. The Morgan fingerprint density at radius 1 is 1.22 bits per heavy atom. The Labute approximate surface area is 167 Å². The summed E-state index contributed by atoms with van der Waals surface area (Å²) in [4.78, 5) is 2.49. The molecule has 2 aromatic carbocycles. The normalized spacial score (nSPS) is 16.7. The number of thiocarbonyl (C=S) groups is 1. The molecular formula is C22H29N3OS. The summed E-state index contributed by atoms with van der Waals surface area (Å²) in [5, 5.41) is 7.09. The van der Waals surface area contributed by atoms with Crippen molar-refractivity contribution in [3.05, 3.63) is 54.1 Å². The molecule has 27 heavy (non-hydrogen) atoms. The maximum atomic E-state index is 5.52. The average Bonchev–Trinajstić information content (AvgIpc) is 2.67. The molecule has 0 radical (unpaired) electrons. The van der Waals surface area contributed by atoms with E-state index in [0.717, 1.165) is 30.4 Å². The van der Waals surface area contributed by atoms with Crippen molar-refractivity contribution in [1.82, 2.24) is 5.32 Å². The van der Waals surface area contributed by atoms with E-state index in [0.29, 0.717) is 18.3 Å². The molecule has 1 atom stereocenters. The SMILES string of the molecule is CCOc1cccc(NC(=S)NCc2ccc(N3CCC[C@@H](C)C3)cc2)c1. The number of anilines is 2. The molecule has 0 spiro atoms. The number of hydrogen-bond donors (Lipinski definition) is 2. The largest absolute Gasteiger partial charge is 0.494 e. The van der Waals surface area contributed by atoms with Crippen LogP contribution in [-0.2, 0) is 6.54 Å². The predicted molar refractivity (Wildman–Crippen MR) is 118 cm³/mol. The molecule has 0 bridgehead atoms. The summed E-state index contributed by atoms with van der Waals surface area (Å²) < 4.78 is 5.52. The molecule has 144 valence electrons. The molecule has 0 aromatic heterocycles. The lowest BCUT2D eigenvalue weighted by Crippen LogP contribution is -2.34. The van der Waals surface area contributed by atoms with E-state index in [1.54, 1.807) is 0 Å². The van der Waals surface area contributed by atoms with E-state index in [1.807, 2.05) is 31.2 Å². The van der Waals surface area contributed by atoms with Crippen molar-refractivity contribution in [2.45, 2.75) is 33.2 Å². The third-order valence-electron chi connectivity index (χ3n) is 4.81. The van der Waals surface area contributed by atoms with Crippen molar-refractivity contribution in [1.29, 1.82) is 0 Å². The van der Waals surface area contributed by atoms with Gasteiger partial charge >= 0.3 is 0 Å². The first-order valence-electron chi connectivity index (χ1n) is 9.75. The molecule has 0 aliphatic carbocycles. The number of nitrogens with zero attached hydrogens (tertiary/aromatic N) is 1. The highest BCUT2D eigenvalue weighted by Crippen LogP contribution is 2.23. The minimum Gasteiger partial charge on any atom is -0.494 e. The molecule has 1 saturated heterocycles. The lowest BCUT2D eigenvalue weighted by atomic mass is 9.99. The fourth-order valence-electron chi connectivity index (χ4n) is 3.44. The van der Waals surface area contributed by atoms with E-state index in [4.69, 9.17) is 17.0 Å². The van der Waals surface area contributed by atoms with Gasteiger partial charge in [-0.3, -0.25) is 0 Å². The van der Waals surface area contributed by atoms with E-state index in [-0.39, 0.29) is 0 Å². The van der Waals surface area contributed by atoms with E-state index in [9.17, 15) is 0 Å². The van der Waals surface area contributed by atoms with Gasteiger partial charge in [-0.1, -0.05) is 25.1 Å². The van der Waals surface area contributed by atoms with Crippen LogP contribution >= 0.6 is 12.2 Å². The zero-order chi connectivity index (χ0) is 19.1. The number of ether oxygens (including phenoxy) is 1. The van der Waals surface area contributed by atoms with Crippen LogP contribution in [0.2, 0.25) is 0 Å². The summed E-state index contributed by atoms with van der Waals surface area (Å²) in [6.45, 7) is 7.99. The molecule has 1 aliphatic heterocycles. The van der Waals surface area contributed by atoms with Gasteiger partial charge in [-0.15, -0.1) is 0 Å². The Balaban J connectivity index is 1.49. The van der Waals surface area contributed by atoms with Crippen LogP contribution in [0.3, 0.4) is 0 Å². The van der Waals surface area contributed by atoms with Gasteiger partial charge in [-0.05, 0) is 67.7 Å². The molecule has 3 rings (SSSR count). The van der Waals surface area contributed by atoms with Crippen LogP contribution in [0.1, 0.15) is 32.3 Å². The van der Waals surface area contributed by atoms with Gasteiger partial charge in [0.1, 0.15) is 5.75 Å². The molecule has 0 saturated carbocycles. The fraction of sp³-hybridized carbons (Fsp3) is 0.409. The number of nitrogens with one attached hydrogen (secondary N) is 2. The number of piperidine rings is 1. The van der Waals surface area contributed by atoms with Crippen molar-refractivity contribution in [2.24, 2.45) is 5.92 Å². The third-order valence-corrected chi connectivity index (χ3v) is 5.06. The van der Waals surface area contributed by atoms with Gasteiger partial charge in [0.05, 0.1) is 6.61 Å². The molecule has 2 N–H and O–H groups in total. The predicted octanol–water partition coefficient (Wildman–Crippen LogP) is 4.81. The molecule has 0 amide bonds. The van der Waals surface area contributed by atoms with Crippen molar-refractivity contribution in [3.8, 4) is 5.75 Å². The minimum atomic E-state index is 0.609. The number of benzene rings is 2. The molecular weight excluding hydrogens is 354 g/mol. The van der Waals surface area contributed by atoms with Crippen molar-refractivity contribution < 1.29 is 4.74 Å². The lowest BCUT2D eigenvalue weighted by Gasteiger charge is -2.32. The Kier molecular flexibility index (Phi) is 6.93. The van der Waals surface area contributed by atoms with Crippen LogP contribution < -0.4 is 20.3 Å². The number of hydrogen-bond acceptors (Lipinski definition) is 3. The summed E-state index contributed by atoms with van der Waals surface area (Å²) in [6.07, 6.45) is 2.63.